The molecule has 9 aromatic rings. The van der Waals surface area contributed by atoms with E-state index in [1.807, 2.05) is 109 Å². The number of unbranched alkanes of at least 4 members (excludes halogenated alkanes) is 24. The van der Waals surface area contributed by atoms with E-state index in [1.165, 1.54) is 152 Å². The molecule has 0 saturated carbocycles. The van der Waals surface area contributed by atoms with Crippen LogP contribution < -0.4 is 42.6 Å². The summed E-state index contributed by atoms with van der Waals surface area (Å²) in [6.45, 7) is 16.7. The summed E-state index contributed by atoms with van der Waals surface area (Å²) in [6, 6.07) is 58.3. The van der Waals surface area contributed by atoms with Gasteiger partial charge < -0.3 is 42.6 Å². The minimum Gasteiger partial charge on any atom is -0.494 e. The van der Waals surface area contributed by atoms with E-state index in [9.17, 15) is 27.6 Å². The van der Waals surface area contributed by atoms with Gasteiger partial charge >= 0.3 is 17.9 Å². The zero-order valence-electron chi connectivity index (χ0n) is 68.5. The summed E-state index contributed by atoms with van der Waals surface area (Å²) in [5.74, 6) is 0.723. The highest BCUT2D eigenvalue weighted by atomic mass is 19.1. The second-order valence-electron chi connectivity index (χ2n) is 28.8. The Morgan fingerprint density at radius 1 is 0.211 bits per heavy atom. The molecule has 0 unspecified atom stereocenters. The van der Waals surface area contributed by atoms with E-state index in [4.69, 9.17) is 42.6 Å². The van der Waals surface area contributed by atoms with Crippen LogP contribution in [-0.2, 0) is 0 Å². The van der Waals surface area contributed by atoms with Gasteiger partial charge in [0, 0.05) is 0 Å². The Bertz CT molecular complexity index is 4130. The summed E-state index contributed by atoms with van der Waals surface area (Å²) >= 11 is 0. The van der Waals surface area contributed by atoms with Crippen molar-refractivity contribution in [3.8, 4) is 85.1 Å². The molecule has 0 fully saturated rings. The van der Waals surface area contributed by atoms with Gasteiger partial charge in [0.15, 0.2) is 34.7 Å². The van der Waals surface area contributed by atoms with Crippen LogP contribution in [0.4, 0.5) is 13.2 Å². The molecular formula is C99H123F3O12. The van der Waals surface area contributed by atoms with E-state index in [-0.39, 0.29) is 33.9 Å². The first-order chi connectivity index (χ1) is 55.8. The molecule has 0 heterocycles. The van der Waals surface area contributed by atoms with Crippen molar-refractivity contribution in [3.05, 3.63) is 234 Å². The Kier molecular flexibility index (Phi) is 43.7. The number of hydrogen-bond acceptors (Lipinski definition) is 12. The molecule has 0 bridgehead atoms. The average Bonchev–Trinajstić information content (AvgIpc) is 0.854. The lowest BCUT2D eigenvalue weighted by molar-refractivity contribution is 0.0724. The molecule has 0 aliphatic carbocycles. The maximum atomic E-state index is 14.5. The van der Waals surface area contributed by atoms with Crippen LogP contribution in [0.25, 0.3) is 33.4 Å². The van der Waals surface area contributed by atoms with E-state index in [0.29, 0.717) is 37.1 Å². The number of rotatable bonds is 51. The van der Waals surface area contributed by atoms with Gasteiger partial charge in [0.05, 0.1) is 56.3 Å². The first-order valence-electron chi connectivity index (χ1n) is 42.2. The van der Waals surface area contributed by atoms with Gasteiger partial charge in [-0.15, -0.1) is 0 Å². The minimum atomic E-state index is -0.615. The van der Waals surface area contributed by atoms with Crippen molar-refractivity contribution in [1.82, 2.24) is 0 Å². The zero-order valence-corrected chi connectivity index (χ0v) is 68.5. The normalized spacial score (nSPS) is 10.8. The van der Waals surface area contributed by atoms with Crippen LogP contribution >= 0.6 is 0 Å². The first kappa shape index (κ1) is 91.2. The van der Waals surface area contributed by atoms with Gasteiger partial charge in [0.2, 0.25) is 0 Å². The third-order valence-electron chi connectivity index (χ3n) is 19.3. The van der Waals surface area contributed by atoms with Crippen molar-refractivity contribution in [1.29, 1.82) is 0 Å². The summed E-state index contributed by atoms with van der Waals surface area (Å²) in [5.41, 5.74) is 6.55. The third kappa shape index (κ3) is 34.8. The predicted octanol–water partition coefficient (Wildman–Crippen LogP) is 28.2. The summed E-state index contributed by atoms with van der Waals surface area (Å²) in [4.78, 5) is 37.6. The Balaban J connectivity index is 0.000000237. The highest BCUT2D eigenvalue weighted by Gasteiger charge is 2.18. The van der Waals surface area contributed by atoms with Crippen molar-refractivity contribution in [2.45, 2.75) is 234 Å². The number of carbonyl (C=O) groups is 3. The van der Waals surface area contributed by atoms with Gasteiger partial charge in [-0.2, -0.15) is 0 Å². The maximum Gasteiger partial charge on any atom is 0.343 e. The molecule has 0 aromatic heterocycles. The number of esters is 3. The molecule has 0 amide bonds. The van der Waals surface area contributed by atoms with E-state index >= 15 is 0 Å². The van der Waals surface area contributed by atoms with Gasteiger partial charge in [-0.25, -0.2) is 27.6 Å². The van der Waals surface area contributed by atoms with Crippen molar-refractivity contribution in [2.75, 3.05) is 39.6 Å². The molecule has 12 nitrogen and oxygen atoms in total. The summed E-state index contributed by atoms with van der Waals surface area (Å²) in [7, 11) is 0. The number of carbonyl (C=O) groups excluding carboxylic acids is 3. The summed E-state index contributed by atoms with van der Waals surface area (Å²) in [5, 5.41) is 0. The van der Waals surface area contributed by atoms with Crippen LogP contribution in [0.1, 0.15) is 265 Å². The highest BCUT2D eigenvalue weighted by Crippen LogP contribution is 2.31. The Morgan fingerprint density at radius 3 is 0.605 bits per heavy atom. The van der Waals surface area contributed by atoms with E-state index in [1.54, 1.807) is 36.4 Å². The van der Waals surface area contributed by atoms with Crippen LogP contribution in [0.5, 0.6) is 51.7 Å². The number of benzene rings is 9. The fourth-order valence-corrected chi connectivity index (χ4v) is 12.5. The standard InChI is InChI=1S/C34H43FO4.C33H41FO4.C32H39FO4/c1-3-5-7-9-11-12-24-37-30-19-14-27(15-20-30)28-16-21-31(22-17-28)39-34(36)29-18-23-33(32(35)26-29)38-25-13-10-8-6-4-2;1-3-5-7-9-10-12-23-36-29-18-13-26(14-19-29)27-15-20-30(21-16-27)38-33(35)28-17-22-32(31(34)25-28)37-24-11-8-6-4-2;1-3-5-7-8-9-11-22-35-28-17-12-25(13-18-28)26-14-19-29(20-15-26)37-32(34)27-16-21-31(30(33)24-27)36-23-10-6-4-2/h14-23,26H,3-13,24-25H2,1-2H3;13-22,25H,3-12,23-24H2,1-2H3;12-21,24H,3-11,22-23H2,1-2H3. The molecule has 0 saturated heterocycles. The monoisotopic (exact) mass is 1560 g/mol. The molecule has 9 rings (SSSR count). The molecule has 0 aliphatic rings. The highest BCUT2D eigenvalue weighted by molar-refractivity contribution is 5.92. The fraction of sp³-hybridized carbons (Fsp3) is 0.424. The molecule has 9 aromatic carbocycles. The molecule has 0 N–H and O–H groups in total. The minimum absolute atomic E-state index is 0.138. The smallest absolute Gasteiger partial charge is 0.343 e. The number of ether oxygens (including phenoxy) is 9. The van der Waals surface area contributed by atoms with Gasteiger partial charge in [0.1, 0.15) is 34.5 Å². The van der Waals surface area contributed by atoms with Crippen molar-refractivity contribution in [3.63, 3.8) is 0 Å². The average molecular weight is 1560 g/mol. The second kappa shape index (κ2) is 54.7. The molecule has 114 heavy (non-hydrogen) atoms. The van der Waals surface area contributed by atoms with E-state index < -0.39 is 35.4 Å². The van der Waals surface area contributed by atoms with Crippen LogP contribution in [0.15, 0.2) is 200 Å². The Hall–Kier alpha value is -10.0. The Morgan fingerprint density at radius 2 is 0.386 bits per heavy atom. The van der Waals surface area contributed by atoms with Crippen LogP contribution in [0.2, 0.25) is 0 Å². The molecule has 0 spiro atoms. The quantitative estimate of drug-likeness (QED) is 0.0204. The molecule has 612 valence electrons. The Labute approximate surface area is 677 Å². The zero-order chi connectivity index (χ0) is 81.0. The SMILES string of the molecule is CCCCCCCCOc1ccc(-c2ccc(OC(=O)c3ccc(OCCCCC)c(F)c3)cc2)cc1.CCCCCCCCOc1ccc(-c2ccc(OC(=O)c3ccc(OCCCCCC)c(F)c3)cc2)cc1.CCCCCCCCOc1ccc(-c2ccc(OC(=O)c3ccc(OCCCCCCC)c(F)c3)cc2)cc1. The van der Waals surface area contributed by atoms with E-state index in [2.05, 4.69) is 41.5 Å². The van der Waals surface area contributed by atoms with Crippen LogP contribution in [0.3, 0.4) is 0 Å². The molecule has 0 atom stereocenters. The van der Waals surface area contributed by atoms with Gasteiger partial charge in [-0.3, -0.25) is 0 Å². The number of hydrogen-bond donors (Lipinski definition) is 0. The van der Waals surface area contributed by atoms with Crippen LogP contribution in [0, 0.1) is 17.5 Å². The summed E-state index contributed by atoms with van der Waals surface area (Å²) < 4.78 is 93.6. The lowest BCUT2D eigenvalue weighted by Crippen LogP contribution is -2.09. The number of halogens is 3. The molecule has 0 aliphatic heterocycles. The summed E-state index contributed by atoms with van der Waals surface area (Å²) in [6.07, 6.45) is 35.0. The topological polar surface area (TPSA) is 134 Å². The van der Waals surface area contributed by atoms with Gasteiger partial charge in [-0.1, -0.05) is 268 Å². The van der Waals surface area contributed by atoms with Crippen molar-refractivity contribution in [2.24, 2.45) is 0 Å². The predicted molar refractivity (Wildman–Crippen MR) is 455 cm³/mol. The second-order valence-corrected chi connectivity index (χ2v) is 28.8. The van der Waals surface area contributed by atoms with Crippen molar-refractivity contribution >= 4 is 17.9 Å². The van der Waals surface area contributed by atoms with Gasteiger partial charge in [-0.05, 0) is 199 Å². The molecule has 15 heteroatoms. The van der Waals surface area contributed by atoms with E-state index in [0.717, 1.165) is 166 Å². The largest absolute Gasteiger partial charge is 0.494 e. The lowest BCUT2D eigenvalue weighted by atomic mass is 10.1. The van der Waals surface area contributed by atoms with Crippen LogP contribution in [-0.4, -0.2) is 57.5 Å². The lowest BCUT2D eigenvalue weighted by Gasteiger charge is -2.10. The molecular weight excluding hydrogens is 1440 g/mol. The van der Waals surface area contributed by atoms with Gasteiger partial charge in [0.25, 0.3) is 0 Å². The fourth-order valence-electron chi connectivity index (χ4n) is 12.5. The first-order valence-corrected chi connectivity index (χ1v) is 42.2. The third-order valence-corrected chi connectivity index (χ3v) is 19.3. The molecule has 0 radical (unpaired) electrons. The van der Waals surface area contributed by atoms with Crippen molar-refractivity contribution < 1.29 is 70.2 Å². The maximum absolute atomic E-state index is 14.5.